The summed E-state index contributed by atoms with van der Waals surface area (Å²) in [6.45, 7) is 3.00. The molecule has 1 amide bonds. The summed E-state index contributed by atoms with van der Waals surface area (Å²) in [5.41, 5.74) is 2.43. The molecule has 1 aliphatic rings. The van der Waals surface area contributed by atoms with Gasteiger partial charge in [-0.2, -0.15) is 0 Å². The standard InChI is InChI=1S/C15H13BrN2O2/c1-10-6-11(8-12(16)7-10)15(19)18-4-5-20-14-2-3-17-9-13(14)18/h2-3,6-9H,4-5H2,1H3. The molecular formula is C15H13BrN2O2. The number of halogens is 1. The summed E-state index contributed by atoms with van der Waals surface area (Å²) in [6, 6.07) is 7.48. The molecule has 4 nitrogen and oxygen atoms in total. The largest absolute Gasteiger partial charge is 0.489 e. The first-order valence-electron chi connectivity index (χ1n) is 6.31. The Balaban J connectivity index is 1.99. The average Bonchev–Trinajstić information content (AvgIpc) is 2.45. The minimum absolute atomic E-state index is 0.0352. The van der Waals surface area contributed by atoms with Gasteiger partial charge in [0.15, 0.2) is 0 Å². The number of benzene rings is 1. The fourth-order valence-electron chi connectivity index (χ4n) is 2.29. The Kier molecular flexibility index (Phi) is 3.44. The highest BCUT2D eigenvalue weighted by Gasteiger charge is 2.25. The van der Waals surface area contributed by atoms with E-state index in [9.17, 15) is 4.79 Å². The summed E-state index contributed by atoms with van der Waals surface area (Å²) < 4.78 is 6.45. The van der Waals surface area contributed by atoms with Crippen LogP contribution in [0.2, 0.25) is 0 Å². The van der Waals surface area contributed by atoms with Crippen molar-refractivity contribution < 1.29 is 9.53 Å². The van der Waals surface area contributed by atoms with E-state index in [1.165, 1.54) is 0 Å². The first-order valence-corrected chi connectivity index (χ1v) is 7.10. The Hall–Kier alpha value is -1.88. The zero-order valence-electron chi connectivity index (χ0n) is 11.0. The molecule has 0 unspecified atom stereocenters. The fourth-order valence-corrected chi connectivity index (χ4v) is 2.90. The number of amides is 1. The zero-order valence-corrected chi connectivity index (χ0v) is 12.6. The summed E-state index contributed by atoms with van der Waals surface area (Å²) in [7, 11) is 0. The van der Waals surface area contributed by atoms with Crippen molar-refractivity contribution >= 4 is 27.5 Å². The number of aromatic nitrogens is 1. The quantitative estimate of drug-likeness (QED) is 0.805. The minimum Gasteiger partial charge on any atom is -0.489 e. The molecule has 2 heterocycles. The first-order chi connectivity index (χ1) is 9.65. The predicted molar refractivity (Wildman–Crippen MR) is 80.3 cm³/mol. The van der Waals surface area contributed by atoms with Crippen molar-refractivity contribution in [1.82, 2.24) is 4.98 Å². The Labute approximate surface area is 125 Å². The minimum atomic E-state index is -0.0352. The van der Waals surface area contributed by atoms with Gasteiger partial charge in [-0.15, -0.1) is 0 Å². The second-order valence-electron chi connectivity index (χ2n) is 4.67. The highest BCUT2D eigenvalue weighted by atomic mass is 79.9. The van der Waals surface area contributed by atoms with Crippen LogP contribution in [-0.2, 0) is 0 Å². The molecule has 0 saturated heterocycles. The van der Waals surface area contributed by atoms with Crippen LogP contribution in [0.5, 0.6) is 5.75 Å². The lowest BCUT2D eigenvalue weighted by Crippen LogP contribution is -2.38. The Bertz CT molecular complexity index is 652. The van der Waals surface area contributed by atoms with Gasteiger partial charge in [0.1, 0.15) is 18.0 Å². The van der Waals surface area contributed by atoms with Crippen molar-refractivity contribution in [2.75, 3.05) is 18.1 Å². The van der Waals surface area contributed by atoms with E-state index in [-0.39, 0.29) is 5.91 Å². The number of rotatable bonds is 1. The molecule has 0 fully saturated rings. The van der Waals surface area contributed by atoms with E-state index < -0.39 is 0 Å². The molecule has 5 heteroatoms. The lowest BCUT2D eigenvalue weighted by atomic mass is 10.1. The number of pyridine rings is 1. The zero-order chi connectivity index (χ0) is 14.1. The monoisotopic (exact) mass is 332 g/mol. The van der Waals surface area contributed by atoms with Crippen LogP contribution in [0, 0.1) is 6.92 Å². The van der Waals surface area contributed by atoms with Crippen LogP contribution in [0.25, 0.3) is 0 Å². The predicted octanol–water partition coefficient (Wildman–Crippen LogP) is 3.19. The van der Waals surface area contributed by atoms with Crippen LogP contribution in [0.4, 0.5) is 5.69 Å². The maximum atomic E-state index is 12.7. The van der Waals surface area contributed by atoms with Gasteiger partial charge in [0.25, 0.3) is 5.91 Å². The van der Waals surface area contributed by atoms with Gasteiger partial charge in [-0.1, -0.05) is 15.9 Å². The Morgan fingerprint density at radius 2 is 2.25 bits per heavy atom. The summed E-state index contributed by atoms with van der Waals surface area (Å²) in [6.07, 6.45) is 3.33. The molecule has 3 rings (SSSR count). The van der Waals surface area contributed by atoms with Gasteiger partial charge in [0.2, 0.25) is 0 Å². The van der Waals surface area contributed by atoms with Crippen molar-refractivity contribution in [3.8, 4) is 5.75 Å². The van der Waals surface area contributed by atoms with Crippen LogP contribution < -0.4 is 9.64 Å². The highest BCUT2D eigenvalue weighted by Crippen LogP contribution is 2.31. The topological polar surface area (TPSA) is 42.4 Å². The molecule has 0 bridgehead atoms. The molecule has 0 atom stereocenters. The SMILES string of the molecule is Cc1cc(Br)cc(C(=O)N2CCOc3ccncc32)c1. The second kappa shape index (κ2) is 5.25. The van der Waals surface area contributed by atoms with Crippen LogP contribution in [0.3, 0.4) is 0 Å². The van der Waals surface area contributed by atoms with Crippen molar-refractivity contribution in [2.24, 2.45) is 0 Å². The van der Waals surface area contributed by atoms with Gasteiger partial charge in [0, 0.05) is 22.3 Å². The third-order valence-corrected chi connectivity index (χ3v) is 3.62. The first kappa shape index (κ1) is 13.1. The number of hydrogen-bond donors (Lipinski definition) is 0. The number of ether oxygens (including phenoxy) is 1. The molecule has 1 aliphatic heterocycles. The van der Waals surface area contributed by atoms with Crippen molar-refractivity contribution in [1.29, 1.82) is 0 Å². The van der Waals surface area contributed by atoms with Crippen molar-refractivity contribution in [3.05, 3.63) is 52.3 Å². The maximum absolute atomic E-state index is 12.7. The Morgan fingerprint density at radius 1 is 1.40 bits per heavy atom. The van der Waals surface area contributed by atoms with E-state index in [1.54, 1.807) is 23.4 Å². The molecule has 0 aliphatic carbocycles. The number of anilines is 1. The van der Waals surface area contributed by atoms with Crippen LogP contribution >= 0.6 is 15.9 Å². The summed E-state index contributed by atoms with van der Waals surface area (Å²) in [4.78, 5) is 18.5. The number of nitrogens with zero attached hydrogens (tertiary/aromatic N) is 2. The average molecular weight is 333 g/mol. The van der Waals surface area contributed by atoms with Gasteiger partial charge in [-0.25, -0.2) is 0 Å². The molecule has 20 heavy (non-hydrogen) atoms. The molecule has 102 valence electrons. The van der Waals surface area contributed by atoms with E-state index in [1.807, 2.05) is 25.1 Å². The summed E-state index contributed by atoms with van der Waals surface area (Å²) in [5.74, 6) is 0.665. The number of hydrogen-bond acceptors (Lipinski definition) is 3. The Morgan fingerprint density at radius 3 is 3.05 bits per heavy atom. The molecule has 0 saturated carbocycles. The van der Waals surface area contributed by atoms with Crippen LogP contribution in [0.1, 0.15) is 15.9 Å². The third-order valence-electron chi connectivity index (χ3n) is 3.16. The van der Waals surface area contributed by atoms with E-state index in [0.29, 0.717) is 24.5 Å². The maximum Gasteiger partial charge on any atom is 0.258 e. The number of aryl methyl sites for hydroxylation is 1. The molecular weight excluding hydrogens is 320 g/mol. The summed E-state index contributed by atoms with van der Waals surface area (Å²) >= 11 is 3.43. The lowest BCUT2D eigenvalue weighted by molar-refractivity contribution is 0.0976. The molecule has 2 aromatic rings. The van der Waals surface area contributed by atoms with Crippen molar-refractivity contribution in [2.45, 2.75) is 6.92 Å². The molecule has 1 aromatic heterocycles. The van der Waals surface area contributed by atoms with E-state index >= 15 is 0 Å². The molecule has 0 N–H and O–H groups in total. The van der Waals surface area contributed by atoms with Gasteiger partial charge in [0.05, 0.1) is 12.7 Å². The fraction of sp³-hybridized carbons (Fsp3) is 0.200. The highest BCUT2D eigenvalue weighted by molar-refractivity contribution is 9.10. The van der Waals surface area contributed by atoms with Crippen LogP contribution in [0.15, 0.2) is 41.1 Å². The normalized spacial score (nSPS) is 13.6. The number of carbonyl (C=O) groups excluding carboxylic acids is 1. The van der Waals surface area contributed by atoms with Crippen molar-refractivity contribution in [3.63, 3.8) is 0 Å². The number of carbonyl (C=O) groups is 1. The van der Waals surface area contributed by atoms with E-state index in [2.05, 4.69) is 20.9 Å². The van der Waals surface area contributed by atoms with Gasteiger partial charge in [-0.3, -0.25) is 9.78 Å². The van der Waals surface area contributed by atoms with E-state index in [4.69, 9.17) is 4.74 Å². The third kappa shape index (κ3) is 2.41. The molecule has 1 aromatic carbocycles. The van der Waals surface area contributed by atoms with Gasteiger partial charge >= 0.3 is 0 Å². The molecule has 0 spiro atoms. The smallest absolute Gasteiger partial charge is 0.258 e. The van der Waals surface area contributed by atoms with Gasteiger partial charge < -0.3 is 9.64 Å². The molecule has 0 radical (unpaired) electrons. The second-order valence-corrected chi connectivity index (χ2v) is 5.58. The lowest BCUT2D eigenvalue weighted by Gasteiger charge is -2.29. The van der Waals surface area contributed by atoms with Crippen LogP contribution in [-0.4, -0.2) is 24.0 Å². The summed E-state index contributed by atoms with van der Waals surface area (Å²) in [5, 5.41) is 0. The van der Waals surface area contributed by atoms with Gasteiger partial charge in [-0.05, 0) is 30.7 Å². The number of fused-ring (bicyclic) bond motifs is 1. The van der Waals surface area contributed by atoms with E-state index in [0.717, 1.165) is 15.7 Å².